The van der Waals surface area contributed by atoms with Gasteiger partial charge in [0.25, 0.3) is 0 Å². The Hall–Kier alpha value is -1.73. The van der Waals surface area contributed by atoms with Crippen LogP contribution in [0.3, 0.4) is 0 Å². The van der Waals surface area contributed by atoms with E-state index < -0.39 is 60.9 Å². The molecule has 1 spiro atoms. The number of hydrogen-bond acceptors (Lipinski definition) is 10. The first kappa shape index (κ1) is 26.5. The largest absolute Gasteiger partial charge is 0.829 e. The second kappa shape index (κ2) is 9.15. The molecule has 0 aromatic rings. The predicted molar refractivity (Wildman–Crippen MR) is 124 cm³/mol. The fourth-order valence-electron chi connectivity index (χ4n) is 9.26. The molecule has 6 aliphatic rings. The van der Waals surface area contributed by atoms with Crippen molar-refractivity contribution in [3.8, 4) is 0 Å². The number of aliphatic hydroxyl groups excluding tert-OH is 3. The van der Waals surface area contributed by atoms with E-state index in [0.717, 1.165) is 24.8 Å². The zero-order valence-electron chi connectivity index (χ0n) is 21.2. The zero-order chi connectivity index (χ0) is 27.1. The molecular weight excluding hydrogens is 500 g/mol. The molecule has 0 aromatic heterocycles. The summed E-state index contributed by atoms with van der Waals surface area (Å²) in [5.74, 6) is -2.06. The predicted octanol–water partition coefficient (Wildman–Crippen LogP) is -0.712. The van der Waals surface area contributed by atoms with Gasteiger partial charge in [0.05, 0.1) is 6.10 Å². The van der Waals surface area contributed by atoms with Gasteiger partial charge >= 0.3 is 5.97 Å². The first-order chi connectivity index (χ1) is 18.0. The highest BCUT2D eigenvalue weighted by Crippen LogP contribution is 2.71. The van der Waals surface area contributed by atoms with Crippen molar-refractivity contribution in [2.24, 2.45) is 34.5 Å². The summed E-state index contributed by atoms with van der Waals surface area (Å²) in [4.78, 5) is 36.6. The van der Waals surface area contributed by atoms with Crippen LogP contribution in [0.15, 0.2) is 11.6 Å². The Balaban J connectivity index is 1.37. The Morgan fingerprint density at radius 2 is 1.92 bits per heavy atom. The molecule has 11 heteroatoms. The number of aliphatic hydroxyl groups is 3. The van der Waals surface area contributed by atoms with Crippen molar-refractivity contribution in [3.05, 3.63) is 11.6 Å². The smallest absolute Gasteiger partial charge is 0.335 e. The minimum absolute atomic E-state index is 0.00352. The molecule has 13 atom stereocenters. The highest BCUT2D eigenvalue weighted by molar-refractivity contribution is 5.91. The second-order valence-electron chi connectivity index (χ2n) is 12.3. The highest BCUT2D eigenvalue weighted by atomic mass is 16.7. The number of carboxylic acids is 1. The van der Waals surface area contributed by atoms with Crippen molar-refractivity contribution in [3.63, 3.8) is 0 Å². The van der Waals surface area contributed by atoms with Crippen molar-refractivity contribution in [2.45, 2.75) is 95.0 Å². The van der Waals surface area contributed by atoms with Gasteiger partial charge in [-0.25, -0.2) is 4.79 Å². The molecule has 0 amide bonds. The number of hydrogen-bond donors (Lipinski definition) is 4. The van der Waals surface area contributed by atoms with E-state index in [1.807, 2.05) is 0 Å². The molecule has 0 aromatic carbocycles. The van der Waals surface area contributed by atoms with Crippen molar-refractivity contribution in [1.82, 2.24) is 0 Å². The van der Waals surface area contributed by atoms with Gasteiger partial charge in [-0.3, -0.25) is 9.59 Å². The quantitative estimate of drug-likeness (QED) is 0.349. The van der Waals surface area contributed by atoms with Gasteiger partial charge in [0.15, 0.2) is 24.0 Å². The molecule has 5 fully saturated rings. The molecule has 0 radical (unpaired) electrons. The van der Waals surface area contributed by atoms with Crippen molar-refractivity contribution < 1.29 is 54.1 Å². The van der Waals surface area contributed by atoms with E-state index in [1.54, 1.807) is 6.08 Å². The van der Waals surface area contributed by atoms with Gasteiger partial charge < -0.3 is 39.7 Å². The van der Waals surface area contributed by atoms with Gasteiger partial charge in [0.2, 0.25) is 0 Å². The number of ether oxygens (including phenoxy) is 3. The Labute approximate surface area is 219 Å². The lowest BCUT2D eigenvalue weighted by Crippen LogP contribution is -2.65. The van der Waals surface area contributed by atoms with Crippen LogP contribution in [0.2, 0.25) is 0 Å². The highest BCUT2D eigenvalue weighted by Gasteiger charge is 2.72. The Morgan fingerprint density at radius 3 is 2.63 bits per heavy atom. The minimum Gasteiger partial charge on any atom is -0.829 e. The van der Waals surface area contributed by atoms with Crippen LogP contribution in [0, 0.1) is 34.5 Å². The first-order valence-corrected chi connectivity index (χ1v) is 13.6. The van der Waals surface area contributed by atoms with Crippen LogP contribution in [0.4, 0.5) is 0 Å². The van der Waals surface area contributed by atoms with E-state index in [0.29, 0.717) is 25.7 Å². The summed E-state index contributed by atoms with van der Waals surface area (Å²) >= 11 is 0. The summed E-state index contributed by atoms with van der Waals surface area (Å²) in [7, 11) is 0. The fraction of sp³-hybridized carbons (Fsp3) is 0.815. The van der Waals surface area contributed by atoms with E-state index in [1.165, 1.54) is 0 Å². The van der Waals surface area contributed by atoms with Gasteiger partial charge in [0.1, 0.15) is 24.9 Å². The summed E-state index contributed by atoms with van der Waals surface area (Å²) in [6.07, 6.45) is -4.44. The van der Waals surface area contributed by atoms with E-state index in [-0.39, 0.29) is 40.8 Å². The third-order valence-corrected chi connectivity index (χ3v) is 10.8. The first-order valence-electron chi connectivity index (χ1n) is 13.6. The molecule has 2 saturated heterocycles. The molecule has 3 saturated carbocycles. The third-order valence-electron chi connectivity index (χ3n) is 10.8. The molecular formula is C27H35O11-. The molecule has 4 N–H and O–H groups in total. The zero-order valence-corrected chi connectivity index (χ0v) is 21.2. The maximum absolute atomic E-state index is 13.0. The van der Waals surface area contributed by atoms with Crippen molar-refractivity contribution in [1.29, 1.82) is 0 Å². The van der Waals surface area contributed by atoms with Gasteiger partial charge in [-0.15, -0.1) is 0 Å². The van der Waals surface area contributed by atoms with E-state index in [2.05, 4.69) is 6.92 Å². The number of carbonyl (C=O) groups is 3. The van der Waals surface area contributed by atoms with Crippen LogP contribution >= 0.6 is 0 Å². The van der Waals surface area contributed by atoms with Crippen LogP contribution in [-0.4, -0.2) is 87.7 Å². The van der Waals surface area contributed by atoms with Crippen LogP contribution in [0.1, 0.15) is 51.9 Å². The fourth-order valence-corrected chi connectivity index (χ4v) is 9.26. The number of ketones is 2. The lowest BCUT2D eigenvalue weighted by molar-refractivity contribution is -0.536. The molecule has 6 rings (SSSR count). The second-order valence-corrected chi connectivity index (χ2v) is 12.3. The lowest BCUT2D eigenvalue weighted by Gasteiger charge is -2.57. The van der Waals surface area contributed by atoms with Crippen molar-refractivity contribution in [2.75, 3.05) is 6.61 Å². The van der Waals surface area contributed by atoms with Gasteiger partial charge in [0, 0.05) is 24.0 Å². The van der Waals surface area contributed by atoms with Gasteiger partial charge in [-0.1, -0.05) is 12.5 Å². The molecule has 38 heavy (non-hydrogen) atoms. The van der Waals surface area contributed by atoms with E-state index >= 15 is 0 Å². The van der Waals surface area contributed by atoms with E-state index in [4.69, 9.17) is 14.2 Å². The molecule has 2 aliphatic heterocycles. The van der Waals surface area contributed by atoms with Crippen LogP contribution < -0.4 is 5.11 Å². The normalized spacial score (nSPS) is 51.6. The monoisotopic (exact) mass is 535 g/mol. The molecule has 210 valence electrons. The number of aliphatic carboxylic acids is 1. The average molecular weight is 536 g/mol. The standard InChI is InChI=1S/C27H35O11/c1-26-7-6-12(29)8-11(26)2-3-13-14-4-5-15(16(30)10-28)27(14)9-17(18(13)26)36-25(27)38-22-20(32)19(31)21(23(33)34)37-24(22)35/h8,13-15,17-22,24-25,28,31-32H,2-7,9-10H2,1H3,(H,33,34)/q-1/t13-,14-,15+,17-,18+,19-,20-,21-,22+,24+,25?,26-,27+/m0/s1. The summed E-state index contributed by atoms with van der Waals surface area (Å²) in [6, 6.07) is 0. The molecule has 2 bridgehead atoms. The maximum atomic E-state index is 13.0. The summed E-state index contributed by atoms with van der Waals surface area (Å²) < 4.78 is 17.7. The molecule has 2 heterocycles. The van der Waals surface area contributed by atoms with Crippen LogP contribution in [-0.2, 0) is 28.6 Å². The Kier molecular flexibility index (Phi) is 6.38. The molecule has 4 aliphatic carbocycles. The third kappa shape index (κ3) is 3.56. The average Bonchev–Trinajstić information content (AvgIpc) is 3.42. The molecule has 11 nitrogen and oxygen atoms in total. The van der Waals surface area contributed by atoms with Gasteiger partial charge in [-0.2, -0.15) is 0 Å². The maximum Gasteiger partial charge on any atom is 0.335 e. The van der Waals surface area contributed by atoms with Crippen LogP contribution in [0.5, 0.6) is 0 Å². The number of Topliss-reactive ketones (excluding diaryl/α,β-unsaturated/α-hetero) is 1. The topological polar surface area (TPSA) is 183 Å². The van der Waals surface area contributed by atoms with E-state index in [9.17, 15) is 39.9 Å². The van der Waals surface area contributed by atoms with Crippen LogP contribution in [0.25, 0.3) is 0 Å². The number of rotatable bonds is 5. The number of carbonyl (C=O) groups excluding carboxylic acids is 2. The Morgan fingerprint density at radius 1 is 1.16 bits per heavy atom. The number of allylic oxidation sites excluding steroid dienone is 1. The molecule has 1 unspecified atom stereocenters. The summed E-state index contributed by atoms with van der Waals surface area (Å²) in [6.45, 7) is 1.56. The summed E-state index contributed by atoms with van der Waals surface area (Å²) in [5.41, 5.74) is 0.0537. The van der Waals surface area contributed by atoms with Crippen molar-refractivity contribution >= 4 is 17.5 Å². The lowest BCUT2D eigenvalue weighted by atomic mass is 9.46. The summed E-state index contributed by atoms with van der Waals surface area (Å²) in [5, 5.41) is 52.9. The number of fused-ring (bicyclic) bond motifs is 6. The SMILES string of the molecule is C[C@]12CCC(=O)C=C1CC[C@@H]1[C@@H]2[C@@H]2C[C@]3(C(O[C@@H]4[C@@H](O)[C@H](O)[C@@H](C(=O)O)O[C@H]4[O-])O2)[C@@H](C(=O)CO)CC[C@@H]13. The Bertz CT molecular complexity index is 1060. The van der Waals surface area contributed by atoms with Gasteiger partial charge in [-0.05, 0) is 67.8 Å². The minimum atomic E-state index is -2.10. The number of carboxylic acid groups (broad SMARTS) is 1.